The maximum Gasteiger partial charge on any atom is 0.275 e. The molecule has 0 fully saturated rings. The van der Waals surface area contributed by atoms with Crippen LogP contribution < -0.4 is 5.56 Å². The summed E-state index contributed by atoms with van der Waals surface area (Å²) in [5.74, 6) is -0.349. The van der Waals surface area contributed by atoms with Gasteiger partial charge in [-0.2, -0.15) is 5.10 Å². The van der Waals surface area contributed by atoms with Crippen LogP contribution in [0.2, 0.25) is 0 Å². The average Bonchev–Trinajstić information content (AvgIpc) is 2.94. The Kier molecular flexibility index (Phi) is 2.86. The Morgan fingerprint density at radius 3 is 2.73 bits per heavy atom. The minimum atomic E-state index is -0.349. The number of rotatable bonds is 2. The second-order valence-electron chi connectivity index (χ2n) is 5.77. The van der Waals surface area contributed by atoms with Crippen molar-refractivity contribution in [3.8, 4) is 0 Å². The summed E-state index contributed by atoms with van der Waals surface area (Å²) in [4.78, 5) is 12.8. The summed E-state index contributed by atoms with van der Waals surface area (Å²) in [5.41, 5.74) is 2.58. The number of aryl methyl sites for hydroxylation is 2. The maximum absolute atomic E-state index is 13.8. The molecular formula is C18H15FN2O. The predicted octanol–water partition coefficient (Wildman–Crippen LogP) is 3.24. The Bertz CT molecular complexity index is 931. The van der Waals surface area contributed by atoms with Gasteiger partial charge in [-0.1, -0.05) is 30.3 Å². The molecule has 1 aliphatic rings. The fraction of sp³-hybridized carbons (Fsp3) is 0.222. The molecule has 0 spiro atoms. The van der Waals surface area contributed by atoms with Gasteiger partial charge in [-0.15, -0.1) is 0 Å². The highest BCUT2D eigenvalue weighted by molar-refractivity contribution is 5.88. The number of nitrogens with zero attached hydrogens (tertiary/aromatic N) is 2. The van der Waals surface area contributed by atoms with E-state index >= 15 is 0 Å². The molecule has 0 N–H and O–H groups in total. The lowest BCUT2D eigenvalue weighted by molar-refractivity contribution is 0.528. The summed E-state index contributed by atoms with van der Waals surface area (Å²) in [6, 6.07) is 12.4. The van der Waals surface area contributed by atoms with Crippen molar-refractivity contribution in [3.63, 3.8) is 0 Å². The van der Waals surface area contributed by atoms with Gasteiger partial charge in [0.1, 0.15) is 5.82 Å². The van der Waals surface area contributed by atoms with E-state index in [1.165, 1.54) is 16.8 Å². The van der Waals surface area contributed by atoms with Gasteiger partial charge in [0.25, 0.3) is 5.56 Å². The van der Waals surface area contributed by atoms with E-state index in [-0.39, 0.29) is 17.4 Å². The second-order valence-corrected chi connectivity index (χ2v) is 5.77. The van der Waals surface area contributed by atoms with Crippen molar-refractivity contribution in [2.45, 2.75) is 25.8 Å². The summed E-state index contributed by atoms with van der Waals surface area (Å²) >= 11 is 0. The van der Waals surface area contributed by atoms with Gasteiger partial charge in [0, 0.05) is 5.39 Å². The SMILES string of the molecule is CC(c1ccccc1)n1nc2c3c(cc(F)cc3c1=O)CC2. The summed E-state index contributed by atoms with van der Waals surface area (Å²) in [6.07, 6.45) is 1.51. The van der Waals surface area contributed by atoms with Gasteiger partial charge in [0.2, 0.25) is 0 Å². The summed E-state index contributed by atoms with van der Waals surface area (Å²) in [5, 5.41) is 5.85. The topological polar surface area (TPSA) is 34.9 Å². The van der Waals surface area contributed by atoms with Gasteiger partial charge in [0.05, 0.1) is 17.1 Å². The molecule has 110 valence electrons. The van der Waals surface area contributed by atoms with E-state index in [0.29, 0.717) is 5.39 Å². The summed E-state index contributed by atoms with van der Waals surface area (Å²) in [6.45, 7) is 1.94. The average molecular weight is 294 g/mol. The van der Waals surface area contributed by atoms with Crippen LogP contribution in [0.1, 0.15) is 29.8 Å². The van der Waals surface area contributed by atoms with Crippen LogP contribution in [0, 0.1) is 5.82 Å². The van der Waals surface area contributed by atoms with Gasteiger partial charge in [-0.05, 0) is 43.0 Å². The lowest BCUT2D eigenvalue weighted by Crippen LogP contribution is -2.27. The first-order valence-corrected chi connectivity index (χ1v) is 7.44. The Labute approximate surface area is 127 Å². The first-order valence-electron chi connectivity index (χ1n) is 7.44. The molecule has 3 aromatic rings. The third-order valence-corrected chi connectivity index (χ3v) is 4.42. The van der Waals surface area contributed by atoms with Gasteiger partial charge in [0.15, 0.2) is 0 Å². The number of hydrogen-bond acceptors (Lipinski definition) is 2. The van der Waals surface area contributed by atoms with Crippen LogP contribution >= 0.6 is 0 Å². The number of halogens is 1. The van der Waals surface area contributed by atoms with Crippen molar-refractivity contribution < 1.29 is 4.39 Å². The predicted molar refractivity (Wildman–Crippen MR) is 83.6 cm³/mol. The van der Waals surface area contributed by atoms with Gasteiger partial charge in [-0.25, -0.2) is 9.07 Å². The third kappa shape index (κ3) is 1.87. The second kappa shape index (κ2) is 4.77. The highest BCUT2D eigenvalue weighted by Crippen LogP contribution is 2.29. The van der Waals surface area contributed by atoms with Crippen LogP contribution in [0.4, 0.5) is 4.39 Å². The molecule has 4 heteroatoms. The van der Waals surface area contributed by atoms with Crippen LogP contribution in [-0.2, 0) is 12.8 Å². The van der Waals surface area contributed by atoms with Crippen LogP contribution in [0.15, 0.2) is 47.3 Å². The quantitative estimate of drug-likeness (QED) is 0.727. The van der Waals surface area contributed by atoms with Crippen molar-refractivity contribution in [2.24, 2.45) is 0 Å². The van der Waals surface area contributed by atoms with E-state index in [1.807, 2.05) is 37.3 Å². The molecule has 0 radical (unpaired) electrons. The number of hydrogen-bond donors (Lipinski definition) is 0. The van der Waals surface area contributed by atoms with Crippen LogP contribution in [0.3, 0.4) is 0 Å². The van der Waals surface area contributed by atoms with E-state index in [0.717, 1.165) is 35.0 Å². The number of benzene rings is 2. The molecule has 0 bridgehead atoms. The zero-order valence-electron chi connectivity index (χ0n) is 12.2. The first-order chi connectivity index (χ1) is 10.6. The van der Waals surface area contributed by atoms with Crippen LogP contribution in [0.5, 0.6) is 0 Å². The highest BCUT2D eigenvalue weighted by Gasteiger charge is 2.22. The molecular weight excluding hydrogens is 279 g/mol. The molecule has 1 heterocycles. The Hall–Kier alpha value is -2.49. The van der Waals surface area contributed by atoms with E-state index in [2.05, 4.69) is 5.10 Å². The highest BCUT2D eigenvalue weighted by atomic mass is 19.1. The van der Waals surface area contributed by atoms with E-state index in [9.17, 15) is 9.18 Å². The molecule has 1 aromatic heterocycles. The first kappa shape index (κ1) is 13.2. The molecule has 3 nitrogen and oxygen atoms in total. The molecule has 22 heavy (non-hydrogen) atoms. The Balaban J connectivity index is 1.98. The van der Waals surface area contributed by atoms with Crippen LogP contribution in [0.25, 0.3) is 10.8 Å². The normalized spacial score (nSPS) is 14.5. The standard InChI is InChI=1S/C18H15FN2O/c1-11(12-5-3-2-4-6-12)21-18(22)15-10-14(19)9-13-7-8-16(20-21)17(13)15/h2-6,9-11H,7-8H2,1H3. The van der Waals surface area contributed by atoms with E-state index in [4.69, 9.17) is 0 Å². The minimum absolute atomic E-state index is 0.179. The molecule has 0 amide bonds. The molecule has 0 saturated heterocycles. The Morgan fingerprint density at radius 2 is 1.95 bits per heavy atom. The smallest absolute Gasteiger partial charge is 0.267 e. The molecule has 0 saturated carbocycles. The molecule has 2 aromatic carbocycles. The van der Waals surface area contributed by atoms with Crippen molar-refractivity contribution in [1.82, 2.24) is 9.78 Å². The third-order valence-electron chi connectivity index (χ3n) is 4.42. The van der Waals surface area contributed by atoms with Crippen molar-refractivity contribution in [1.29, 1.82) is 0 Å². The monoisotopic (exact) mass is 294 g/mol. The Morgan fingerprint density at radius 1 is 1.18 bits per heavy atom. The van der Waals surface area contributed by atoms with Crippen LogP contribution in [-0.4, -0.2) is 9.78 Å². The maximum atomic E-state index is 13.8. The van der Waals surface area contributed by atoms with E-state index in [1.54, 1.807) is 0 Å². The molecule has 1 unspecified atom stereocenters. The zero-order chi connectivity index (χ0) is 15.3. The van der Waals surface area contributed by atoms with Crippen molar-refractivity contribution in [2.75, 3.05) is 0 Å². The lowest BCUT2D eigenvalue weighted by atomic mass is 10.1. The largest absolute Gasteiger partial charge is 0.275 e. The lowest BCUT2D eigenvalue weighted by Gasteiger charge is -2.16. The molecule has 1 aliphatic carbocycles. The summed E-state index contributed by atoms with van der Waals surface area (Å²) in [7, 11) is 0. The van der Waals surface area contributed by atoms with Crippen molar-refractivity contribution >= 4 is 10.8 Å². The van der Waals surface area contributed by atoms with Gasteiger partial charge in [-0.3, -0.25) is 4.79 Å². The molecule has 1 atom stereocenters. The van der Waals surface area contributed by atoms with E-state index < -0.39 is 0 Å². The number of aromatic nitrogens is 2. The minimum Gasteiger partial charge on any atom is -0.267 e. The van der Waals surface area contributed by atoms with Crippen molar-refractivity contribution in [3.05, 3.63) is 75.5 Å². The molecule has 4 rings (SSSR count). The van der Waals surface area contributed by atoms with Gasteiger partial charge < -0.3 is 0 Å². The summed E-state index contributed by atoms with van der Waals surface area (Å²) < 4.78 is 15.3. The zero-order valence-corrected chi connectivity index (χ0v) is 12.2. The fourth-order valence-electron chi connectivity index (χ4n) is 3.28. The van der Waals surface area contributed by atoms with Gasteiger partial charge >= 0.3 is 0 Å². The fourth-order valence-corrected chi connectivity index (χ4v) is 3.28. The molecule has 0 aliphatic heterocycles.